The number of nitrogens with two attached hydrogens (primary N) is 1. The number of allylic oxidation sites excluding steroid dienone is 1. The summed E-state index contributed by atoms with van der Waals surface area (Å²) in [6.07, 6.45) is 1.68. The molecule has 0 radical (unpaired) electrons. The van der Waals surface area contributed by atoms with E-state index in [9.17, 15) is 4.79 Å². The van der Waals surface area contributed by atoms with Crippen LogP contribution in [0.2, 0.25) is 0 Å². The lowest BCUT2D eigenvalue weighted by atomic mass is 10.3. The first-order chi connectivity index (χ1) is 4.22. The number of ether oxygens (including phenoxy) is 1. The van der Waals surface area contributed by atoms with Gasteiger partial charge in [0.25, 0.3) is 0 Å². The molecule has 2 N–H and O–H groups in total. The van der Waals surface area contributed by atoms with Crippen LogP contribution in [0.5, 0.6) is 0 Å². The van der Waals surface area contributed by atoms with E-state index in [4.69, 9.17) is 5.73 Å². The third-order valence-electron chi connectivity index (χ3n) is 0.969. The lowest BCUT2D eigenvalue weighted by molar-refractivity contribution is -0.138. The molecule has 0 fully saturated rings. The van der Waals surface area contributed by atoms with Gasteiger partial charge in [-0.05, 0) is 13.8 Å². The maximum absolute atomic E-state index is 10.6. The third kappa shape index (κ3) is 2.87. The summed E-state index contributed by atoms with van der Waals surface area (Å²) in [5.41, 5.74) is 5.54. The first-order valence-corrected chi connectivity index (χ1v) is 2.72. The molecule has 0 spiro atoms. The Bertz CT molecular complexity index is 129. The summed E-state index contributed by atoms with van der Waals surface area (Å²) in [5.74, 6) is -0.347. The maximum atomic E-state index is 10.6. The predicted molar refractivity (Wildman–Crippen MR) is 34.6 cm³/mol. The zero-order valence-electron chi connectivity index (χ0n) is 5.68. The van der Waals surface area contributed by atoms with Gasteiger partial charge in [-0.25, -0.2) is 4.79 Å². The Labute approximate surface area is 54.5 Å². The standard InChI is InChI=1S/C6H11NO2/c1-3-5(2)6(8)9-4-7/h3H,4,7H2,1-2H3. The van der Waals surface area contributed by atoms with Crippen LogP contribution in [-0.2, 0) is 9.53 Å². The van der Waals surface area contributed by atoms with Gasteiger partial charge in [-0.1, -0.05) is 6.08 Å². The molecule has 0 unspecified atom stereocenters. The second kappa shape index (κ2) is 4.09. The summed E-state index contributed by atoms with van der Waals surface area (Å²) >= 11 is 0. The van der Waals surface area contributed by atoms with Crippen molar-refractivity contribution in [3.05, 3.63) is 11.6 Å². The predicted octanol–water partition coefficient (Wildman–Crippen LogP) is 0.412. The largest absolute Gasteiger partial charge is 0.447 e. The molecule has 9 heavy (non-hydrogen) atoms. The fourth-order valence-electron chi connectivity index (χ4n) is 0.307. The molecule has 0 aromatic carbocycles. The van der Waals surface area contributed by atoms with Crippen LogP contribution in [0.4, 0.5) is 0 Å². The van der Waals surface area contributed by atoms with Gasteiger partial charge in [0.1, 0.15) is 6.73 Å². The van der Waals surface area contributed by atoms with Crippen LogP contribution in [0.25, 0.3) is 0 Å². The van der Waals surface area contributed by atoms with Crippen molar-refractivity contribution in [3.63, 3.8) is 0 Å². The van der Waals surface area contributed by atoms with Crippen molar-refractivity contribution < 1.29 is 9.53 Å². The van der Waals surface area contributed by atoms with E-state index in [1.807, 2.05) is 0 Å². The fraction of sp³-hybridized carbons (Fsp3) is 0.500. The molecule has 52 valence electrons. The number of carbonyl (C=O) groups is 1. The van der Waals surface area contributed by atoms with Crippen molar-refractivity contribution in [2.75, 3.05) is 6.73 Å². The van der Waals surface area contributed by atoms with Gasteiger partial charge >= 0.3 is 5.97 Å². The molecule has 0 aliphatic heterocycles. The highest BCUT2D eigenvalue weighted by atomic mass is 16.5. The van der Waals surface area contributed by atoms with E-state index < -0.39 is 0 Å². The minimum atomic E-state index is -0.347. The molecule has 0 rings (SSSR count). The molecule has 0 bridgehead atoms. The number of carbonyl (C=O) groups excluding carboxylic acids is 1. The molecule has 3 heteroatoms. The Kier molecular flexibility index (Phi) is 3.71. The summed E-state index contributed by atoms with van der Waals surface area (Å²) in [7, 11) is 0. The molecule has 0 amide bonds. The fourth-order valence-corrected chi connectivity index (χ4v) is 0.307. The molecular formula is C6H11NO2. The minimum absolute atomic E-state index is 0.0516. The van der Waals surface area contributed by atoms with E-state index in [0.29, 0.717) is 5.57 Å². The molecule has 0 atom stereocenters. The number of rotatable bonds is 2. The van der Waals surface area contributed by atoms with E-state index >= 15 is 0 Å². The van der Waals surface area contributed by atoms with Gasteiger partial charge in [-0.2, -0.15) is 0 Å². The monoisotopic (exact) mass is 129 g/mol. The Morgan fingerprint density at radius 1 is 1.78 bits per heavy atom. The summed E-state index contributed by atoms with van der Waals surface area (Å²) in [6, 6.07) is 0. The first kappa shape index (κ1) is 8.17. The van der Waals surface area contributed by atoms with E-state index in [1.165, 1.54) is 0 Å². The van der Waals surface area contributed by atoms with Crippen molar-refractivity contribution in [1.82, 2.24) is 0 Å². The number of hydrogen-bond donors (Lipinski definition) is 1. The molecule has 0 heterocycles. The van der Waals surface area contributed by atoms with Crippen molar-refractivity contribution in [2.24, 2.45) is 5.73 Å². The second-order valence-corrected chi connectivity index (χ2v) is 1.57. The molecular weight excluding hydrogens is 118 g/mol. The van der Waals surface area contributed by atoms with Crippen LogP contribution < -0.4 is 5.73 Å². The van der Waals surface area contributed by atoms with Crippen LogP contribution in [0, 0.1) is 0 Å². The molecule has 3 nitrogen and oxygen atoms in total. The van der Waals surface area contributed by atoms with Crippen molar-refractivity contribution in [2.45, 2.75) is 13.8 Å². The molecule has 0 aliphatic carbocycles. The number of esters is 1. The van der Waals surface area contributed by atoms with E-state index in [2.05, 4.69) is 4.74 Å². The van der Waals surface area contributed by atoms with Gasteiger partial charge in [0.15, 0.2) is 0 Å². The van der Waals surface area contributed by atoms with Crippen molar-refractivity contribution >= 4 is 5.97 Å². The summed E-state index contributed by atoms with van der Waals surface area (Å²) in [6.45, 7) is 3.40. The van der Waals surface area contributed by atoms with E-state index in [0.717, 1.165) is 0 Å². The quantitative estimate of drug-likeness (QED) is 0.334. The lowest BCUT2D eigenvalue weighted by Crippen LogP contribution is -2.12. The normalized spacial score (nSPS) is 11.2. The van der Waals surface area contributed by atoms with Gasteiger partial charge in [0, 0.05) is 5.57 Å². The van der Waals surface area contributed by atoms with Crippen LogP contribution in [0.15, 0.2) is 11.6 Å². The van der Waals surface area contributed by atoms with Crippen LogP contribution >= 0.6 is 0 Å². The molecule has 0 saturated heterocycles. The first-order valence-electron chi connectivity index (χ1n) is 2.72. The van der Waals surface area contributed by atoms with Crippen LogP contribution in [0.3, 0.4) is 0 Å². The Morgan fingerprint density at radius 3 is 2.67 bits per heavy atom. The highest BCUT2D eigenvalue weighted by Gasteiger charge is 2.00. The molecule has 0 saturated carbocycles. The van der Waals surface area contributed by atoms with Gasteiger partial charge in [0.2, 0.25) is 0 Å². The van der Waals surface area contributed by atoms with E-state index in [1.54, 1.807) is 19.9 Å². The molecule has 0 aromatic heterocycles. The lowest BCUT2D eigenvalue weighted by Gasteiger charge is -1.98. The van der Waals surface area contributed by atoms with Gasteiger partial charge in [-0.3, -0.25) is 5.73 Å². The zero-order chi connectivity index (χ0) is 7.28. The topological polar surface area (TPSA) is 52.3 Å². The highest BCUT2D eigenvalue weighted by molar-refractivity contribution is 5.87. The highest BCUT2D eigenvalue weighted by Crippen LogP contribution is 1.93. The van der Waals surface area contributed by atoms with Crippen LogP contribution in [0.1, 0.15) is 13.8 Å². The van der Waals surface area contributed by atoms with Gasteiger partial charge in [-0.15, -0.1) is 0 Å². The van der Waals surface area contributed by atoms with Crippen molar-refractivity contribution in [3.8, 4) is 0 Å². The minimum Gasteiger partial charge on any atom is -0.447 e. The average molecular weight is 129 g/mol. The Hall–Kier alpha value is -0.830. The Morgan fingerprint density at radius 2 is 2.33 bits per heavy atom. The summed E-state index contributed by atoms with van der Waals surface area (Å²) in [4.78, 5) is 10.6. The molecule has 0 aromatic rings. The Balaban J connectivity index is 3.74. The maximum Gasteiger partial charge on any atom is 0.334 e. The average Bonchev–Trinajstić information content (AvgIpc) is 1.87. The van der Waals surface area contributed by atoms with E-state index in [-0.39, 0.29) is 12.7 Å². The van der Waals surface area contributed by atoms with Crippen LogP contribution in [-0.4, -0.2) is 12.7 Å². The zero-order valence-corrected chi connectivity index (χ0v) is 5.68. The summed E-state index contributed by atoms with van der Waals surface area (Å²) in [5, 5.41) is 0. The second-order valence-electron chi connectivity index (χ2n) is 1.57. The SMILES string of the molecule is CC=C(C)C(=O)OCN. The van der Waals surface area contributed by atoms with Crippen molar-refractivity contribution in [1.29, 1.82) is 0 Å². The smallest absolute Gasteiger partial charge is 0.334 e. The molecule has 0 aliphatic rings. The number of hydrogen-bond acceptors (Lipinski definition) is 3. The summed E-state index contributed by atoms with van der Waals surface area (Å²) < 4.78 is 4.47. The van der Waals surface area contributed by atoms with Gasteiger partial charge < -0.3 is 4.74 Å². The van der Waals surface area contributed by atoms with Gasteiger partial charge in [0.05, 0.1) is 0 Å². The third-order valence-corrected chi connectivity index (χ3v) is 0.969.